The van der Waals surface area contributed by atoms with Gasteiger partial charge in [0.25, 0.3) is 5.91 Å². The third-order valence-electron chi connectivity index (χ3n) is 5.22. The highest BCUT2D eigenvalue weighted by atomic mass is 16.5. The van der Waals surface area contributed by atoms with Crippen LogP contribution in [0.15, 0.2) is 24.4 Å². The van der Waals surface area contributed by atoms with Crippen molar-refractivity contribution in [2.45, 2.75) is 25.5 Å². The molecule has 0 saturated carbocycles. The van der Waals surface area contributed by atoms with Gasteiger partial charge >= 0.3 is 7.12 Å². The molecule has 3 atom stereocenters. The minimum Gasteiger partial charge on any atom is -0.423 e. The molecule has 3 heterocycles. The zero-order chi connectivity index (χ0) is 19.8. The van der Waals surface area contributed by atoms with E-state index in [9.17, 15) is 15.1 Å². The van der Waals surface area contributed by atoms with Gasteiger partial charge in [0.05, 0.1) is 30.7 Å². The number of hydrogen-bond acceptors (Lipinski definition) is 7. The van der Waals surface area contributed by atoms with Crippen LogP contribution in [-0.4, -0.2) is 41.0 Å². The summed E-state index contributed by atoms with van der Waals surface area (Å²) in [5, 5.41) is 26.9. The third-order valence-corrected chi connectivity index (χ3v) is 5.22. The van der Waals surface area contributed by atoms with Gasteiger partial charge < -0.3 is 25.5 Å². The number of anilines is 2. The molecule has 0 spiro atoms. The van der Waals surface area contributed by atoms with E-state index in [0.29, 0.717) is 31.1 Å². The number of nitrogens with two attached hydrogens (primary N) is 1. The topological polar surface area (TPSA) is 135 Å². The van der Waals surface area contributed by atoms with Crippen LogP contribution < -0.4 is 16.5 Å². The Balaban J connectivity index is 1.65. The van der Waals surface area contributed by atoms with Crippen molar-refractivity contribution in [2.24, 2.45) is 11.7 Å². The van der Waals surface area contributed by atoms with Gasteiger partial charge in [0.15, 0.2) is 5.82 Å². The number of carbonyl (C=O) groups is 1. The molecule has 1 amide bonds. The van der Waals surface area contributed by atoms with Gasteiger partial charge in [0, 0.05) is 18.5 Å². The van der Waals surface area contributed by atoms with Crippen LogP contribution in [0.5, 0.6) is 0 Å². The van der Waals surface area contributed by atoms with Crippen molar-refractivity contribution in [1.29, 1.82) is 5.26 Å². The second-order valence-electron chi connectivity index (χ2n) is 7.00. The second kappa shape index (κ2) is 7.28. The largest absolute Gasteiger partial charge is 0.491 e. The van der Waals surface area contributed by atoms with Crippen molar-refractivity contribution >= 4 is 30.0 Å². The molecule has 0 radical (unpaired) electrons. The van der Waals surface area contributed by atoms with Crippen molar-refractivity contribution in [3.8, 4) is 6.07 Å². The van der Waals surface area contributed by atoms with E-state index in [4.69, 9.17) is 15.1 Å². The first-order valence-corrected chi connectivity index (χ1v) is 9.08. The quantitative estimate of drug-likeness (QED) is 0.660. The minimum atomic E-state index is -0.936. The van der Waals surface area contributed by atoms with E-state index < -0.39 is 13.0 Å². The van der Waals surface area contributed by atoms with Crippen LogP contribution in [0, 0.1) is 17.2 Å². The number of amides is 1. The summed E-state index contributed by atoms with van der Waals surface area (Å²) in [5.41, 5.74) is 8.02. The number of hydrogen-bond donors (Lipinski definition) is 3. The molecule has 4 N–H and O–H groups in total. The van der Waals surface area contributed by atoms with Gasteiger partial charge in [-0.15, -0.1) is 0 Å². The maximum atomic E-state index is 11.9. The predicted octanol–water partition coefficient (Wildman–Crippen LogP) is 0.605. The SMILES string of the molecule is CC1OB(O)c2ccc(Nc3nn([C@H]4COCCC4C#N)cc3C(N)=O)cc21. The number of ether oxygens (including phenoxy) is 1. The molecule has 1 aromatic carbocycles. The molecule has 2 aliphatic heterocycles. The highest BCUT2D eigenvalue weighted by molar-refractivity contribution is 6.61. The average Bonchev–Trinajstić information content (AvgIpc) is 3.23. The number of benzene rings is 1. The van der Waals surface area contributed by atoms with E-state index in [1.54, 1.807) is 23.0 Å². The van der Waals surface area contributed by atoms with Gasteiger partial charge in [-0.1, -0.05) is 6.07 Å². The fourth-order valence-corrected chi connectivity index (χ4v) is 3.67. The molecule has 1 aromatic heterocycles. The summed E-state index contributed by atoms with van der Waals surface area (Å²) < 4.78 is 12.5. The number of nitriles is 1. The van der Waals surface area contributed by atoms with Crippen LogP contribution in [0.4, 0.5) is 11.5 Å². The van der Waals surface area contributed by atoms with Crippen LogP contribution in [0.25, 0.3) is 0 Å². The van der Waals surface area contributed by atoms with Crippen molar-refractivity contribution in [2.75, 3.05) is 18.5 Å². The van der Waals surface area contributed by atoms with Crippen molar-refractivity contribution in [3.05, 3.63) is 35.5 Å². The Labute approximate surface area is 162 Å². The number of nitrogens with zero attached hydrogens (tertiary/aromatic N) is 3. The molecule has 144 valence electrons. The number of carbonyl (C=O) groups excluding carboxylic acids is 1. The summed E-state index contributed by atoms with van der Waals surface area (Å²) in [7, 11) is -0.936. The Bertz CT molecular complexity index is 956. The van der Waals surface area contributed by atoms with Gasteiger partial charge in [0.1, 0.15) is 5.56 Å². The minimum absolute atomic E-state index is 0.229. The summed E-state index contributed by atoms with van der Waals surface area (Å²) >= 11 is 0. The molecule has 9 nitrogen and oxygen atoms in total. The molecule has 28 heavy (non-hydrogen) atoms. The van der Waals surface area contributed by atoms with Gasteiger partial charge in [-0.25, -0.2) is 0 Å². The molecule has 10 heteroatoms. The van der Waals surface area contributed by atoms with E-state index in [0.717, 1.165) is 11.0 Å². The van der Waals surface area contributed by atoms with E-state index in [-0.39, 0.29) is 23.6 Å². The van der Waals surface area contributed by atoms with E-state index >= 15 is 0 Å². The molecule has 0 bridgehead atoms. The second-order valence-corrected chi connectivity index (χ2v) is 7.00. The first kappa shape index (κ1) is 18.5. The lowest BCUT2D eigenvalue weighted by molar-refractivity contribution is 0.0342. The van der Waals surface area contributed by atoms with Gasteiger partial charge in [-0.05, 0) is 36.5 Å². The van der Waals surface area contributed by atoms with Crippen LogP contribution in [0.2, 0.25) is 0 Å². The molecule has 2 unspecified atom stereocenters. The van der Waals surface area contributed by atoms with Gasteiger partial charge in [0.2, 0.25) is 0 Å². The van der Waals surface area contributed by atoms with Gasteiger partial charge in [-0.3, -0.25) is 9.48 Å². The third kappa shape index (κ3) is 3.24. The van der Waals surface area contributed by atoms with Crippen LogP contribution >= 0.6 is 0 Å². The lowest BCUT2D eigenvalue weighted by Gasteiger charge is -2.26. The van der Waals surface area contributed by atoms with Crippen molar-refractivity contribution < 1.29 is 19.2 Å². The first-order chi connectivity index (χ1) is 13.5. The Kier molecular flexibility index (Phi) is 4.81. The highest BCUT2D eigenvalue weighted by Crippen LogP contribution is 2.30. The maximum absolute atomic E-state index is 11.9. The number of aromatic nitrogens is 2. The van der Waals surface area contributed by atoms with E-state index in [1.165, 1.54) is 0 Å². The lowest BCUT2D eigenvalue weighted by Crippen LogP contribution is -2.29. The Morgan fingerprint density at radius 2 is 2.36 bits per heavy atom. The number of fused-ring (bicyclic) bond motifs is 1. The van der Waals surface area contributed by atoms with E-state index in [2.05, 4.69) is 16.5 Å². The molecule has 1 fully saturated rings. The summed E-state index contributed by atoms with van der Waals surface area (Å²) in [6.07, 6.45) is 1.92. The zero-order valence-electron chi connectivity index (χ0n) is 15.3. The van der Waals surface area contributed by atoms with E-state index in [1.807, 2.05) is 13.0 Å². The van der Waals surface area contributed by atoms with Crippen molar-refractivity contribution in [1.82, 2.24) is 9.78 Å². The number of rotatable bonds is 4. The normalized spacial score (nSPS) is 23.9. The molecule has 1 saturated heterocycles. The molecular formula is C18H20BN5O4. The Morgan fingerprint density at radius 3 is 3.11 bits per heavy atom. The van der Waals surface area contributed by atoms with Crippen LogP contribution in [0.1, 0.15) is 41.4 Å². The summed E-state index contributed by atoms with van der Waals surface area (Å²) in [4.78, 5) is 11.9. The number of primary amides is 1. The fraction of sp³-hybridized carbons (Fsp3) is 0.389. The molecule has 2 aromatic rings. The summed E-state index contributed by atoms with van der Waals surface area (Å²) in [6.45, 7) is 2.74. The molecule has 2 aliphatic rings. The van der Waals surface area contributed by atoms with Crippen molar-refractivity contribution in [3.63, 3.8) is 0 Å². The molecule has 0 aliphatic carbocycles. The first-order valence-electron chi connectivity index (χ1n) is 9.08. The number of nitrogens with one attached hydrogen (secondary N) is 1. The predicted molar refractivity (Wildman–Crippen MR) is 101 cm³/mol. The smallest absolute Gasteiger partial charge is 0.423 e. The molecule has 4 rings (SSSR count). The highest BCUT2D eigenvalue weighted by Gasteiger charge is 2.33. The standard InChI is InChI=1S/C18H20BN5O4/c1-10-13-6-12(2-3-15(13)19(26)28-10)22-18-14(17(21)25)8-24(23-18)16-9-27-5-4-11(16)7-20/h2-3,6,8,10-11,16,26H,4-5,9H2,1H3,(H2,21,25)(H,22,23)/t10?,11?,16-/m0/s1. The van der Waals surface area contributed by atoms with Crippen LogP contribution in [-0.2, 0) is 9.39 Å². The van der Waals surface area contributed by atoms with Gasteiger partial charge in [-0.2, -0.15) is 10.4 Å². The lowest BCUT2D eigenvalue weighted by atomic mass is 9.79. The Hall–Kier alpha value is -2.87. The average molecular weight is 381 g/mol. The fourth-order valence-electron chi connectivity index (χ4n) is 3.67. The monoisotopic (exact) mass is 381 g/mol. The maximum Gasteiger partial charge on any atom is 0.491 e. The summed E-state index contributed by atoms with van der Waals surface area (Å²) in [5.74, 6) is -0.559. The zero-order valence-corrected chi connectivity index (χ0v) is 15.3. The summed E-state index contributed by atoms with van der Waals surface area (Å²) in [6, 6.07) is 7.39. The Morgan fingerprint density at radius 1 is 1.54 bits per heavy atom. The molecular weight excluding hydrogens is 361 g/mol. The van der Waals surface area contributed by atoms with Crippen LogP contribution in [0.3, 0.4) is 0 Å².